The summed E-state index contributed by atoms with van der Waals surface area (Å²) in [5.41, 5.74) is 3.38. The molecule has 0 aliphatic carbocycles. The number of rotatable bonds is 3. The average Bonchev–Trinajstić information content (AvgIpc) is 2.91. The van der Waals surface area contributed by atoms with E-state index >= 15 is 0 Å². The monoisotopic (exact) mass is 328 g/mol. The predicted octanol–water partition coefficient (Wildman–Crippen LogP) is 3.76. The van der Waals surface area contributed by atoms with Crippen molar-refractivity contribution in [3.8, 4) is 0 Å². The van der Waals surface area contributed by atoms with E-state index in [2.05, 4.69) is 42.3 Å². The van der Waals surface area contributed by atoms with Gasteiger partial charge in [0.25, 0.3) is 0 Å². The summed E-state index contributed by atoms with van der Waals surface area (Å²) in [6.07, 6.45) is 5.77. The Labute approximate surface area is 125 Å². The zero-order valence-electron chi connectivity index (χ0n) is 11.0. The highest BCUT2D eigenvalue weighted by Gasteiger charge is 2.05. The minimum atomic E-state index is 0.757. The van der Waals surface area contributed by atoms with E-state index in [1.54, 1.807) is 6.20 Å². The summed E-state index contributed by atoms with van der Waals surface area (Å²) >= 11 is 3.40. The first-order valence-corrected chi connectivity index (χ1v) is 7.08. The number of pyridine rings is 2. The van der Waals surface area contributed by atoms with Crippen LogP contribution in [0.1, 0.15) is 11.1 Å². The molecule has 2 aromatic rings. The SMILES string of the molecule is Cc1cc(Br)nc(Nc2cc(C3=CCN=C3)ccn2)c1. The van der Waals surface area contributed by atoms with E-state index in [4.69, 9.17) is 0 Å². The van der Waals surface area contributed by atoms with Gasteiger partial charge in [-0.1, -0.05) is 6.08 Å². The predicted molar refractivity (Wildman–Crippen MR) is 85.5 cm³/mol. The number of anilines is 2. The van der Waals surface area contributed by atoms with Crippen molar-refractivity contribution in [2.24, 2.45) is 4.99 Å². The highest BCUT2D eigenvalue weighted by atomic mass is 79.9. The summed E-state index contributed by atoms with van der Waals surface area (Å²) in [7, 11) is 0. The highest BCUT2D eigenvalue weighted by Crippen LogP contribution is 2.21. The Morgan fingerprint density at radius 1 is 1.20 bits per heavy atom. The minimum Gasteiger partial charge on any atom is -0.325 e. The van der Waals surface area contributed by atoms with Crippen molar-refractivity contribution in [2.45, 2.75) is 6.92 Å². The fraction of sp³-hybridized carbons (Fsp3) is 0.133. The van der Waals surface area contributed by atoms with Gasteiger partial charge in [0.2, 0.25) is 0 Å². The lowest BCUT2D eigenvalue weighted by atomic mass is 10.1. The van der Waals surface area contributed by atoms with Gasteiger partial charge in [-0.2, -0.15) is 0 Å². The van der Waals surface area contributed by atoms with Crippen molar-refractivity contribution in [3.05, 3.63) is 52.3 Å². The first-order chi connectivity index (χ1) is 9.70. The van der Waals surface area contributed by atoms with Gasteiger partial charge < -0.3 is 5.32 Å². The number of nitrogens with one attached hydrogen (secondary N) is 1. The second kappa shape index (κ2) is 5.54. The highest BCUT2D eigenvalue weighted by molar-refractivity contribution is 9.10. The maximum absolute atomic E-state index is 4.38. The first kappa shape index (κ1) is 13.0. The Balaban J connectivity index is 1.87. The molecule has 1 N–H and O–H groups in total. The van der Waals surface area contributed by atoms with Crippen molar-refractivity contribution >= 4 is 39.4 Å². The zero-order valence-corrected chi connectivity index (χ0v) is 12.6. The van der Waals surface area contributed by atoms with E-state index in [-0.39, 0.29) is 0 Å². The fourth-order valence-electron chi connectivity index (χ4n) is 2.05. The molecule has 0 saturated heterocycles. The number of hydrogen-bond acceptors (Lipinski definition) is 4. The number of nitrogens with zero attached hydrogens (tertiary/aromatic N) is 3. The van der Waals surface area contributed by atoms with Gasteiger partial charge in [0.05, 0.1) is 6.54 Å². The third-order valence-corrected chi connectivity index (χ3v) is 3.34. The van der Waals surface area contributed by atoms with Crippen molar-refractivity contribution in [3.63, 3.8) is 0 Å². The minimum absolute atomic E-state index is 0.757. The molecule has 4 nitrogen and oxygen atoms in total. The standard InChI is InChI=1S/C15H13BrN4/c1-10-6-13(16)19-15(7-10)20-14-8-11(3-5-18-14)12-2-4-17-9-12/h2-3,5-9H,4H2,1H3,(H,18,19,20). The van der Waals surface area contributed by atoms with Crippen LogP contribution in [0.2, 0.25) is 0 Å². The van der Waals surface area contributed by atoms with Crippen LogP contribution in [0.15, 0.2) is 46.1 Å². The molecule has 20 heavy (non-hydrogen) atoms. The molecule has 2 aromatic heterocycles. The number of aromatic nitrogens is 2. The van der Waals surface area contributed by atoms with Crippen LogP contribution < -0.4 is 5.32 Å². The van der Waals surface area contributed by atoms with E-state index < -0.39 is 0 Å². The summed E-state index contributed by atoms with van der Waals surface area (Å²) in [4.78, 5) is 12.9. The first-order valence-electron chi connectivity index (χ1n) is 6.28. The van der Waals surface area contributed by atoms with Crippen LogP contribution >= 0.6 is 15.9 Å². The number of hydrogen-bond donors (Lipinski definition) is 1. The van der Waals surface area contributed by atoms with Gasteiger partial charge in [-0.3, -0.25) is 4.99 Å². The Bertz CT molecular complexity index is 687. The van der Waals surface area contributed by atoms with Gasteiger partial charge in [-0.05, 0) is 63.8 Å². The largest absolute Gasteiger partial charge is 0.325 e. The summed E-state index contributed by atoms with van der Waals surface area (Å²) < 4.78 is 0.807. The number of aryl methyl sites for hydroxylation is 1. The molecule has 0 aromatic carbocycles. The summed E-state index contributed by atoms with van der Waals surface area (Å²) in [6.45, 7) is 2.79. The van der Waals surface area contributed by atoms with E-state index in [1.807, 2.05) is 37.4 Å². The van der Waals surface area contributed by atoms with Crippen LogP contribution in [-0.4, -0.2) is 22.7 Å². The summed E-state index contributed by atoms with van der Waals surface area (Å²) in [5.74, 6) is 1.55. The second-order valence-corrected chi connectivity index (χ2v) is 5.37. The topological polar surface area (TPSA) is 50.2 Å². The Hall–Kier alpha value is -2.01. The molecule has 0 saturated carbocycles. The van der Waals surface area contributed by atoms with Gasteiger partial charge in [0.15, 0.2) is 0 Å². The van der Waals surface area contributed by atoms with E-state index in [1.165, 1.54) is 0 Å². The lowest BCUT2D eigenvalue weighted by Gasteiger charge is -2.08. The molecule has 0 amide bonds. The molecule has 3 heterocycles. The number of allylic oxidation sites excluding steroid dienone is 1. The molecule has 0 unspecified atom stereocenters. The molecule has 1 aliphatic rings. The molecule has 0 bridgehead atoms. The quantitative estimate of drug-likeness (QED) is 0.873. The maximum atomic E-state index is 4.38. The average molecular weight is 329 g/mol. The van der Waals surface area contributed by atoms with Crippen molar-refractivity contribution in [2.75, 3.05) is 11.9 Å². The van der Waals surface area contributed by atoms with Gasteiger partial charge >= 0.3 is 0 Å². The lowest BCUT2D eigenvalue weighted by Crippen LogP contribution is -1.98. The molecular formula is C15H13BrN4. The van der Waals surface area contributed by atoms with Crippen LogP contribution in [0.25, 0.3) is 5.57 Å². The van der Waals surface area contributed by atoms with Crippen LogP contribution in [-0.2, 0) is 0 Å². The summed E-state index contributed by atoms with van der Waals surface area (Å²) in [5, 5.41) is 3.23. The van der Waals surface area contributed by atoms with Crippen LogP contribution in [0, 0.1) is 6.92 Å². The number of halogens is 1. The third kappa shape index (κ3) is 2.93. The van der Waals surface area contributed by atoms with Crippen LogP contribution in [0.4, 0.5) is 11.6 Å². The van der Waals surface area contributed by atoms with Gasteiger partial charge in [0, 0.05) is 12.4 Å². The van der Waals surface area contributed by atoms with Crippen molar-refractivity contribution in [1.82, 2.24) is 9.97 Å². The van der Waals surface area contributed by atoms with Gasteiger partial charge in [0.1, 0.15) is 16.2 Å². The maximum Gasteiger partial charge on any atom is 0.133 e. The van der Waals surface area contributed by atoms with E-state index in [0.29, 0.717) is 0 Å². The molecule has 3 rings (SSSR count). The fourth-order valence-corrected chi connectivity index (χ4v) is 2.60. The van der Waals surface area contributed by atoms with Crippen LogP contribution in [0.3, 0.4) is 0 Å². The lowest BCUT2D eigenvalue weighted by molar-refractivity contribution is 1.21. The molecular weight excluding hydrogens is 316 g/mol. The third-order valence-electron chi connectivity index (χ3n) is 2.93. The van der Waals surface area contributed by atoms with E-state index in [0.717, 1.165) is 39.5 Å². The number of aliphatic imine (C=N–C) groups is 1. The van der Waals surface area contributed by atoms with Gasteiger partial charge in [-0.25, -0.2) is 9.97 Å². The van der Waals surface area contributed by atoms with Gasteiger partial charge in [-0.15, -0.1) is 0 Å². The molecule has 0 fully saturated rings. The molecule has 5 heteroatoms. The smallest absolute Gasteiger partial charge is 0.133 e. The molecule has 100 valence electrons. The molecule has 0 spiro atoms. The van der Waals surface area contributed by atoms with Crippen molar-refractivity contribution in [1.29, 1.82) is 0 Å². The Morgan fingerprint density at radius 2 is 2.10 bits per heavy atom. The second-order valence-electron chi connectivity index (χ2n) is 4.56. The van der Waals surface area contributed by atoms with E-state index in [9.17, 15) is 0 Å². The molecule has 0 radical (unpaired) electrons. The normalized spacial score (nSPS) is 13.4. The molecule has 1 aliphatic heterocycles. The Kier molecular flexibility index (Phi) is 3.60. The van der Waals surface area contributed by atoms with Crippen molar-refractivity contribution < 1.29 is 0 Å². The summed E-state index contributed by atoms with van der Waals surface area (Å²) in [6, 6.07) is 7.93. The zero-order chi connectivity index (χ0) is 13.9. The Morgan fingerprint density at radius 3 is 2.85 bits per heavy atom. The van der Waals surface area contributed by atoms with Crippen LogP contribution in [0.5, 0.6) is 0 Å². The molecule has 0 atom stereocenters.